The normalized spacial score (nSPS) is 19.2. The highest BCUT2D eigenvalue weighted by molar-refractivity contribution is 5.85. The number of halogens is 1. The summed E-state index contributed by atoms with van der Waals surface area (Å²) >= 11 is 0. The van der Waals surface area contributed by atoms with Crippen LogP contribution in [0.3, 0.4) is 0 Å². The van der Waals surface area contributed by atoms with Crippen molar-refractivity contribution in [2.24, 2.45) is 0 Å². The monoisotopic (exact) mass is 239 g/mol. The molecule has 0 amide bonds. The van der Waals surface area contributed by atoms with Gasteiger partial charge in [-0.15, -0.1) is 12.4 Å². The van der Waals surface area contributed by atoms with Gasteiger partial charge >= 0.3 is 0 Å². The fraction of sp³-hybridized carbons (Fsp3) is 0.385. The average Bonchev–Trinajstić information content (AvgIpc) is 2.58. The van der Waals surface area contributed by atoms with Crippen molar-refractivity contribution in [2.75, 3.05) is 13.7 Å². The van der Waals surface area contributed by atoms with E-state index >= 15 is 0 Å². The highest BCUT2D eigenvalue weighted by atomic mass is 35.5. The van der Waals surface area contributed by atoms with Crippen molar-refractivity contribution in [1.82, 2.24) is 5.32 Å². The van der Waals surface area contributed by atoms with Gasteiger partial charge in [0, 0.05) is 12.5 Å². The molecule has 0 aromatic heterocycles. The predicted molar refractivity (Wildman–Crippen MR) is 69.4 cm³/mol. The van der Waals surface area contributed by atoms with E-state index in [1.165, 1.54) is 18.4 Å². The van der Waals surface area contributed by atoms with E-state index in [4.69, 9.17) is 4.74 Å². The van der Waals surface area contributed by atoms with E-state index < -0.39 is 0 Å². The van der Waals surface area contributed by atoms with E-state index in [1.54, 1.807) is 7.11 Å². The van der Waals surface area contributed by atoms with Crippen LogP contribution in [0, 0.1) is 0 Å². The van der Waals surface area contributed by atoms with E-state index in [9.17, 15) is 0 Å². The highest BCUT2D eigenvalue weighted by Crippen LogP contribution is 2.25. The van der Waals surface area contributed by atoms with Gasteiger partial charge in [-0.05, 0) is 36.7 Å². The Morgan fingerprint density at radius 1 is 1.25 bits per heavy atom. The van der Waals surface area contributed by atoms with E-state index in [-0.39, 0.29) is 12.4 Å². The van der Waals surface area contributed by atoms with Crippen LogP contribution in [-0.2, 0) is 0 Å². The first-order valence-corrected chi connectivity index (χ1v) is 5.44. The van der Waals surface area contributed by atoms with Gasteiger partial charge in [-0.1, -0.05) is 18.2 Å². The molecule has 0 aliphatic carbocycles. The molecule has 1 atom stereocenters. The Bertz CT molecular complexity index is 334. The molecule has 0 saturated heterocycles. The minimum atomic E-state index is 0. The number of benzene rings is 1. The van der Waals surface area contributed by atoms with Crippen LogP contribution >= 0.6 is 12.4 Å². The Balaban J connectivity index is 0.00000128. The third-order valence-electron chi connectivity index (χ3n) is 2.83. The predicted octanol–water partition coefficient (Wildman–Crippen LogP) is 3.10. The first-order chi connectivity index (χ1) is 7.40. The summed E-state index contributed by atoms with van der Waals surface area (Å²) in [6.07, 6.45) is 6.76. The summed E-state index contributed by atoms with van der Waals surface area (Å²) < 4.78 is 5.15. The molecular formula is C13H18ClNO. The first kappa shape index (κ1) is 12.9. The maximum Gasteiger partial charge on any atom is 0.118 e. The summed E-state index contributed by atoms with van der Waals surface area (Å²) in [5.41, 5.74) is 1.37. The fourth-order valence-corrected chi connectivity index (χ4v) is 1.92. The second kappa shape index (κ2) is 6.44. The molecule has 1 unspecified atom stereocenters. The molecule has 88 valence electrons. The van der Waals surface area contributed by atoms with Gasteiger partial charge in [-0.3, -0.25) is 0 Å². The van der Waals surface area contributed by atoms with E-state index in [0.29, 0.717) is 5.92 Å². The summed E-state index contributed by atoms with van der Waals surface area (Å²) in [5.74, 6) is 1.47. The van der Waals surface area contributed by atoms with Crippen molar-refractivity contribution in [3.05, 3.63) is 42.1 Å². The van der Waals surface area contributed by atoms with Crippen molar-refractivity contribution in [1.29, 1.82) is 0 Å². The first-order valence-electron chi connectivity index (χ1n) is 5.44. The third kappa shape index (κ3) is 3.17. The van der Waals surface area contributed by atoms with Crippen LogP contribution in [0.15, 0.2) is 36.5 Å². The standard InChI is InChI=1S/C13H17NO.ClH/c1-15-13-6-4-12(5-7-13)11-3-2-9-14-10-8-11;/h4-8,10-11,14H,2-3,9H2,1H3;1H. The Morgan fingerprint density at radius 2 is 2.00 bits per heavy atom. The van der Waals surface area contributed by atoms with Crippen LogP contribution in [0.1, 0.15) is 24.3 Å². The van der Waals surface area contributed by atoms with E-state index in [1.807, 2.05) is 12.1 Å². The summed E-state index contributed by atoms with van der Waals surface area (Å²) in [6.45, 7) is 1.09. The third-order valence-corrected chi connectivity index (χ3v) is 2.83. The van der Waals surface area contributed by atoms with Gasteiger partial charge in [0.1, 0.15) is 5.75 Å². The van der Waals surface area contributed by atoms with Gasteiger partial charge in [0.25, 0.3) is 0 Å². The molecule has 0 spiro atoms. The Kier molecular flexibility index (Phi) is 5.20. The molecule has 1 aliphatic rings. The summed E-state index contributed by atoms with van der Waals surface area (Å²) in [4.78, 5) is 0. The van der Waals surface area contributed by atoms with Crippen LogP contribution in [0.25, 0.3) is 0 Å². The summed E-state index contributed by atoms with van der Waals surface area (Å²) in [6, 6.07) is 8.36. The molecule has 1 aromatic rings. The summed E-state index contributed by atoms with van der Waals surface area (Å²) in [7, 11) is 1.70. The topological polar surface area (TPSA) is 21.3 Å². The second-order valence-electron chi connectivity index (χ2n) is 3.84. The molecule has 3 heteroatoms. The van der Waals surface area contributed by atoms with Crippen molar-refractivity contribution < 1.29 is 4.74 Å². The van der Waals surface area contributed by atoms with Crippen molar-refractivity contribution in [3.63, 3.8) is 0 Å². The molecule has 16 heavy (non-hydrogen) atoms. The lowest BCUT2D eigenvalue weighted by Crippen LogP contribution is -2.03. The molecule has 0 saturated carbocycles. The van der Waals surface area contributed by atoms with Crippen molar-refractivity contribution in [2.45, 2.75) is 18.8 Å². The van der Waals surface area contributed by atoms with Crippen LogP contribution < -0.4 is 10.1 Å². The molecule has 1 N–H and O–H groups in total. The number of nitrogens with one attached hydrogen (secondary N) is 1. The number of allylic oxidation sites excluding steroid dienone is 1. The van der Waals surface area contributed by atoms with Crippen LogP contribution in [0.2, 0.25) is 0 Å². The van der Waals surface area contributed by atoms with E-state index in [0.717, 1.165) is 12.3 Å². The lowest BCUT2D eigenvalue weighted by Gasteiger charge is -2.11. The van der Waals surface area contributed by atoms with Crippen LogP contribution in [-0.4, -0.2) is 13.7 Å². The molecular weight excluding hydrogens is 222 g/mol. The van der Waals surface area contributed by atoms with Gasteiger partial charge in [0.15, 0.2) is 0 Å². The zero-order valence-electron chi connectivity index (χ0n) is 9.48. The van der Waals surface area contributed by atoms with Gasteiger partial charge in [0.2, 0.25) is 0 Å². The molecule has 1 aliphatic heterocycles. The SMILES string of the molecule is COc1ccc(C2C=CNCCC2)cc1.Cl. The number of rotatable bonds is 2. The molecule has 0 bridgehead atoms. The largest absolute Gasteiger partial charge is 0.497 e. The zero-order valence-corrected chi connectivity index (χ0v) is 10.3. The Morgan fingerprint density at radius 3 is 2.69 bits per heavy atom. The minimum absolute atomic E-state index is 0. The quantitative estimate of drug-likeness (QED) is 0.857. The molecule has 2 nitrogen and oxygen atoms in total. The number of ether oxygens (including phenoxy) is 1. The fourth-order valence-electron chi connectivity index (χ4n) is 1.92. The maximum absolute atomic E-state index is 5.15. The van der Waals surface area contributed by atoms with Gasteiger partial charge in [-0.25, -0.2) is 0 Å². The van der Waals surface area contributed by atoms with Gasteiger partial charge in [-0.2, -0.15) is 0 Å². The smallest absolute Gasteiger partial charge is 0.118 e. The average molecular weight is 240 g/mol. The number of hydrogen-bond acceptors (Lipinski definition) is 2. The highest BCUT2D eigenvalue weighted by Gasteiger charge is 2.09. The Labute approximate surface area is 103 Å². The lowest BCUT2D eigenvalue weighted by atomic mass is 9.95. The minimum Gasteiger partial charge on any atom is -0.497 e. The van der Waals surface area contributed by atoms with Crippen molar-refractivity contribution >= 4 is 12.4 Å². The molecule has 2 rings (SSSR count). The number of methoxy groups -OCH3 is 1. The molecule has 0 fully saturated rings. The lowest BCUT2D eigenvalue weighted by molar-refractivity contribution is 0.414. The van der Waals surface area contributed by atoms with E-state index in [2.05, 4.69) is 29.7 Å². The maximum atomic E-state index is 5.15. The molecule has 1 aromatic carbocycles. The molecule has 0 radical (unpaired) electrons. The van der Waals surface area contributed by atoms with Crippen LogP contribution in [0.4, 0.5) is 0 Å². The van der Waals surface area contributed by atoms with Crippen LogP contribution in [0.5, 0.6) is 5.75 Å². The number of hydrogen-bond donors (Lipinski definition) is 1. The van der Waals surface area contributed by atoms with Gasteiger partial charge in [0.05, 0.1) is 7.11 Å². The Hall–Kier alpha value is -1.15. The van der Waals surface area contributed by atoms with Crippen molar-refractivity contribution in [3.8, 4) is 5.75 Å². The zero-order chi connectivity index (χ0) is 10.5. The van der Waals surface area contributed by atoms with Gasteiger partial charge < -0.3 is 10.1 Å². The second-order valence-corrected chi connectivity index (χ2v) is 3.84. The molecule has 1 heterocycles. The summed E-state index contributed by atoms with van der Waals surface area (Å²) in [5, 5.41) is 3.26.